The van der Waals surface area contributed by atoms with Gasteiger partial charge in [0.05, 0.1) is 24.1 Å². The third-order valence-electron chi connectivity index (χ3n) is 3.66. The molecular weight excluding hydrogens is 268 g/mol. The highest BCUT2D eigenvalue weighted by Gasteiger charge is 2.24. The van der Waals surface area contributed by atoms with Crippen molar-refractivity contribution in [1.82, 2.24) is 10.3 Å². The molecule has 1 aromatic rings. The highest BCUT2D eigenvalue weighted by atomic mass is 16.5. The predicted molar refractivity (Wildman–Crippen MR) is 81.6 cm³/mol. The molecule has 1 aromatic heterocycles. The van der Waals surface area contributed by atoms with Crippen LogP contribution in [0.15, 0.2) is 18.3 Å². The Balaban J connectivity index is 1.59. The SMILES string of the molecule is CC1CN(c2ccc(NC(=O)NC3CC3)cn2)CC(C)O1. The largest absolute Gasteiger partial charge is 0.372 e. The van der Waals surface area contributed by atoms with E-state index in [4.69, 9.17) is 4.74 Å². The minimum Gasteiger partial charge on any atom is -0.372 e. The smallest absolute Gasteiger partial charge is 0.319 e. The Bertz CT molecular complexity index is 491. The van der Waals surface area contributed by atoms with Crippen molar-refractivity contribution < 1.29 is 9.53 Å². The van der Waals surface area contributed by atoms with Gasteiger partial charge in [-0.1, -0.05) is 0 Å². The molecule has 21 heavy (non-hydrogen) atoms. The van der Waals surface area contributed by atoms with Crippen LogP contribution in [-0.2, 0) is 4.74 Å². The molecule has 2 heterocycles. The molecule has 1 saturated carbocycles. The molecule has 2 atom stereocenters. The summed E-state index contributed by atoms with van der Waals surface area (Å²) >= 11 is 0. The first-order valence-electron chi connectivity index (χ1n) is 7.54. The Hall–Kier alpha value is -1.82. The lowest BCUT2D eigenvalue weighted by Gasteiger charge is -2.36. The summed E-state index contributed by atoms with van der Waals surface area (Å²) in [5, 5.41) is 5.69. The Morgan fingerprint density at radius 3 is 2.57 bits per heavy atom. The summed E-state index contributed by atoms with van der Waals surface area (Å²) in [5.74, 6) is 0.921. The van der Waals surface area contributed by atoms with Crippen molar-refractivity contribution in [2.45, 2.75) is 44.9 Å². The Labute approximate surface area is 124 Å². The fourth-order valence-corrected chi connectivity index (χ4v) is 2.59. The van der Waals surface area contributed by atoms with Gasteiger partial charge in [-0.25, -0.2) is 9.78 Å². The van der Waals surface area contributed by atoms with Gasteiger partial charge in [0.2, 0.25) is 0 Å². The van der Waals surface area contributed by atoms with Crippen molar-refractivity contribution >= 4 is 17.5 Å². The van der Waals surface area contributed by atoms with Gasteiger partial charge in [-0.05, 0) is 38.8 Å². The predicted octanol–water partition coefficient (Wildman–Crippen LogP) is 1.98. The first-order chi connectivity index (χ1) is 10.1. The molecule has 2 N–H and O–H groups in total. The molecule has 0 spiro atoms. The van der Waals surface area contributed by atoms with Crippen molar-refractivity contribution in [3.63, 3.8) is 0 Å². The van der Waals surface area contributed by atoms with E-state index < -0.39 is 0 Å². The van der Waals surface area contributed by atoms with E-state index in [1.807, 2.05) is 12.1 Å². The number of ether oxygens (including phenoxy) is 1. The van der Waals surface area contributed by atoms with Crippen LogP contribution >= 0.6 is 0 Å². The second-order valence-corrected chi connectivity index (χ2v) is 5.94. The van der Waals surface area contributed by atoms with Crippen molar-refractivity contribution in [3.05, 3.63) is 18.3 Å². The summed E-state index contributed by atoms with van der Waals surface area (Å²) < 4.78 is 5.72. The van der Waals surface area contributed by atoms with Crippen molar-refractivity contribution in [2.75, 3.05) is 23.3 Å². The lowest BCUT2D eigenvalue weighted by atomic mass is 10.2. The van der Waals surface area contributed by atoms with Crippen LogP contribution in [0, 0.1) is 0 Å². The molecule has 114 valence electrons. The number of rotatable bonds is 3. The van der Waals surface area contributed by atoms with Crippen LogP contribution in [0.2, 0.25) is 0 Å². The molecule has 0 aromatic carbocycles. The van der Waals surface area contributed by atoms with E-state index >= 15 is 0 Å². The van der Waals surface area contributed by atoms with E-state index in [2.05, 4.69) is 34.4 Å². The summed E-state index contributed by atoms with van der Waals surface area (Å²) in [7, 11) is 0. The normalized spacial score (nSPS) is 25.5. The number of anilines is 2. The molecule has 6 heteroatoms. The summed E-state index contributed by atoms with van der Waals surface area (Å²) in [6, 6.07) is 4.03. The second kappa shape index (κ2) is 5.89. The monoisotopic (exact) mass is 290 g/mol. The zero-order valence-electron chi connectivity index (χ0n) is 12.5. The topological polar surface area (TPSA) is 66.5 Å². The van der Waals surface area contributed by atoms with Crippen molar-refractivity contribution in [2.24, 2.45) is 0 Å². The molecule has 1 saturated heterocycles. The van der Waals surface area contributed by atoms with E-state index in [1.54, 1.807) is 6.20 Å². The van der Waals surface area contributed by atoms with Crippen LogP contribution in [0.25, 0.3) is 0 Å². The number of carbonyl (C=O) groups is 1. The molecular formula is C15H22N4O2. The summed E-state index contributed by atoms with van der Waals surface area (Å²) in [6.45, 7) is 5.82. The van der Waals surface area contributed by atoms with E-state index in [-0.39, 0.29) is 18.2 Å². The van der Waals surface area contributed by atoms with Gasteiger partial charge in [0.1, 0.15) is 5.82 Å². The van der Waals surface area contributed by atoms with E-state index in [1.165, 1.54) is 0 Å². The lowest BCUT2D eigenvalue weighted by molar-refractivity contribution is -0.00545. The average Bonchev–Trinajstić information content (AvgIpc) is 3.22. The first kappa shape index (κ1) is 14.1. The zero-order valence-corrected chi connectivity index (χ0v) is 12.5. The van der Waals surface area contributed by atoms with Gasteiger partial charge >= 0.3 is 6.03 Å². The number of pyridine rings is 1. The maximum atomic E-state index is 11.7. The fourth-order valence-electron chi connectivity index (χ4n) is 2.59. The van der Waals surface area contributed by atoms with E-state index in [0.717, 1.165) is 31.7 Å². The van der Waals surface area contributed by atoms with Gasteiger partial charge in [-0.3, -0.25) is 0 Å². The number of hydrogen-bond acceptors (Lipinski definition) is 4. The number of hydrogen-bond donors (Lipinski definition) is 2. The second-order valence-electron chi connectivity index (χ2n) is 5.94. The number of amides is 2. The number of nitrogens with zero attached hydrogens (tertiary/aromatic N) is 2. The van der Waals surface area contributed by atoms with Gasteiger partial charge in [0.15, 0.2) is 0 Å². The molecule has 1 aliphatic heterocycles. The van der Waals surface area contributed by atoms with E-state index in [0.29, 0.717) is 11.7 Å². The van der Waals surface area contributed by atoms with Gasteiger partial charge in [-0.2, -0.15) is 0 Å². The van der Waals surface area contributed by atoms with Gasteiger partial charge in [0.25, 0.3) is 0 Å². The van der Waals surface area contributed by atoms with Gasteiger partial charge in [0, 0.05) is 19.1 Å². The molecule has 2 aliphatic rings. The van der Waals surface area contributed by atoms with Crippen molar-refractivity contribution in [1.29, 1.82) is 0 Å². The first-order valence-corrected chi connectivity index (χ1v) is 7.54. The van der Waals surface area contributed by atoms with Crippen LogP contribution in [-0.4, -0.2) is 42.4 Å². The number of aromatic nitrogens is 1. The molecule has 3 rings (SSSR count). The molecule has 0 bridgehead atoms. The minimum absolute atomic E-state index is 0.152. The minimum atomic E-state index is -0.152. The average molecular weight is 290 g/mol. The number of carbonyl (C=O) groups excluding carboxylic acids is 1. The van der Waals surface area contributed by atoms with Crippen LogP contribution in [0.5, 0.6) is 0 Å². The van der Waals surface area contributed by atoms with Crippen molar-refractivity contribution in [3.8, 4) is 0 Å². The lowest BCUT2D eigenvalue weighted by Crippen LogP contribution is -2.45. The molecule has 1 aliphatic carbocycles. The number of urea groups is 1. The van der Waals surface area contributed by atoms with Crippen LogP contribution in [0.4, 0.5) is 16.3 Å². The Morgan fingerprint density at radius 1 is 1.29 bits per heavy atom. The maximum absolute atomic E-state index is 11.7. The Kier molecular flexibility index (Phi) is 3.96. The molecule has 6 nitrogen and oxygen atoms in total. The maximum Gasteiger partial charge on any atom is 0.319 e. The summed E-state index contributed by atoms with van der Waals surface area (Å²) in [6.07, 6.45) is 4.28. The van der Waals surface area contributed by atoms with Crippen LogP contribution < -0.4 is 15.5 Å². The summed E-state index contributed by atoms with van der Waals surface area (Å²) in [4.78, 5) is 18.3. The number of morpholine rings is 1. The third kappa shape index (κ3) is 3.85. The molecule has 2 fully saturated rings. The molecule has 2 amide bonds. The summed E-state index contributed by atoms with van der Waals surface area (Å²) in [5.41, 5.74) is 0.714. The van der Waals surface area contributed by atoms with Crippen LogP contribution in [0.1, 0.15) is 26.7 Å². The highest BCUT2D eigenvalue weighted by molar-refractivity contribution is 5.89. The van der Waals surface area contributed by atoms with E-state index in [9.17, 15) is 4.79 Å². The standard InChI is InChI=1S/C15H22N4O2/c1-10-8-19(9-11(2)21-10)14-6-5-13(7-16-14)18-15(20)17-12-3-4-12/h5-7,10-12H,3-4,8-9H2,1-2H3,(H2,17,18,20). The van der Waals surface area contributed by atoms with Gasteiger partial charge < -0.3 is 20.3 Å². The quantitative estimate of drug-likeness (QED) is 0.893. The van der Waals surface area contributed by atoms with Crippen LogP contribution in [0.3, 0.4) is 0 Å². The highest BCUT2D eigenvalue weighted by Crippen LogP contribution is 2.21. The fraction of sp³-hybridized carbons (Fsp3) is 0.600. The molecule has 2 unspecified atom stereocenters. The third-order valence-corrected chi connectivity index (χ3v) is 3.66. The number of nitrogens with one attached hydrogen (secondary N) is 2. The molecule has 0 radical (unpaired) electrons. The zero-order chi connectivity index (χ0) is 14.8. The Morgan fingerprint density at radius 2 is 2.00 bits per heavy atom. The van der Waals surface area contributed by atoms with Gasteiger partial charge in [-0.15, -0.1) is 0 Å².